The second-order valence-corrected chi connectivity index (χ2v) is 10.2. The van der Waals surface area contributed by atoms with Crippen molar-refractivity contribution in [2.45, 2.75) is 43.3 Å². The van der Waals surface area contributed by atoms with Gasteiger partial charge < -0.3 is 0 Å². The fourth-order valence-electron chi connectivity index (χ4n) is 2.56. The van der Waals surface area contributed by atoms with Gasteiger partial charge in [0.1, 0.15) is 0 Å². The molecule has 0 saturated heterocycles. The first kappa shape index (κ1) is 21.2. The molecular weight excluding hydrogens is 382 g/mol. The van der Waals surface area contributed by atoms with Gasteiger partial charge in [-0.15, -0.1) is 0 Å². The molecule has 1 aliphatic rings. The molecule has 0 saturated carbocycles. The highest BCUT2D eigenvalue weighted by Crippen LogP contribution is 2.22. The zero-order valence-electron chi connectivity index (χ0n) is 15.5. The molecular formula is C20H25NO4S2. The normalized spacial score (nSPS) is 17.4. The molecule has 2 rings (SSSR count). The number of benzene rings is 1. The van der Waals surface area contributed by atoms with Crippen LogP contribution in [0.25, 0.3) is 0 Å². The number of nitrogens with one attached hydrogen (secondary N) is 1. The lowest BCUT2D eigenvalue weighted by Gasteiger charge is -2.12. The number of allylic oxidation sites excluding steroid dienone is 6. The summed E-state index contributed by atoms with van der Waals surface area (Å²) >= 11 is 0. The fourth-order valence-corrected chi connectivity index (χ4v) is 5.13. The summed E-state index contributed by atoms with van der Waals surface area (Å²) in [5.41, 5.74) is 0.315. The smallest absolute Gasteiger partial charge is 0.261 e. The van der Waals surface area contributed by atoms with Crippen LogP contribution in [0, 0.1) is 0 Å². The number of hydrogen-bond acceptors (Lipinski definition) is 4. The highest BCUT2D eigenvalue weighted by Gasteiger charge is 2.23. The van der Waals surface area contributed by atoms with Gasteiger partial charge in [-0.05, 0) is 44.9 Å². The second kappa shape index (κ2) is 9.19. The molecule has 0 bridgehead atoms. The zero-order valence-corrected chi connectivity index (χ0v) is 17.1. The molecule has 0 aliphatic heterocycles. The van der Waals surface area contributed by atoms with E-state index >= 15 is 0 Å². The van der Waals surface area contributed by atoms with Gasteiger partial charge in [-0.1, -0.05) is 48.6 Å². The lowest BCUT2D eigenvalue weighted by molar-refractivity contribution is 0.589. The Morgan fingerprint density at radius 2 is 1.78 bits per heavy atom. The van der Waals surface area contributed by atoms with Gasteiger partial charge in [0.05, 0.1) is 10.1 Å². The summed E-state index contributed by atoms with van der Waals surface area (Å²) in [6.07, 6.45) is 12.2. The molecule has 0 aromatic heterocycles. The summed E-state index contributed by atoms with van der Waals surface area (Å²) in [5, 5.41) is -0.758. The van der Waals surface area contributed by atoms with Crippen molar-refractivity contribution in [3.05, 3.63) is 77.4 Å². The van der Waals surface area contributed by atoms with E-state index in [1.807, 2.05) is 12.2 Å². The van der Waals surface area contributed by atoms with Crippen molar-refractivity contribution in [3.63, 3.8) is 0 Å². The Morgan fingerprint density at radius 1 is 1.07 bits per heavy atom. The van der Waals surface area contributed by atoms with Crippen molar-refractivity contribution >= 4 is 19.9 Å². The Balaban J connectivity index is 2.15. The van der Waals surface area contributed by atoms with Crippen LogP contribution in [-0.2, 0) is 19.9 Å². The first-order chi connectivity index (χ1) is 12.8. The van der Waals surface area contributed by atoms with Crippen molar-refractivity contribution in [1.29, 1.82) is 0 Å². The molecule has 1 aromatic carbocycles. The summed E-state index contributed by atoms with van der Waals surface area (Å²) in [7, 11) is -7.19. The fraction of sp³-hybridized carbons (Fsp3) is 0.300. The van der Waals surface area contributed by atoms with Crippen LogP contribution in [0.5, 0.6) is 0 Å². The van der Waals surface area contributed by atoms with Gasteiger partial charge in [-0.25, -0.2) is 16.8 Å². The molecule has 27 heavy (non-hydrogen) atoms. The number of sulfone groups is 1. The largest absolute Gasteiger partial charge is 0.280 e. The Kier molecular flexibility index (Phi) is 7.21. The van der Waals surface area contributed by atoms with Crippen LogP contribution < -0.4 is 4.72 Å². The topological polar surface area (TPSA) is 80.3 Å². The van der Waals surface area contributed by atoms with Crippen LogP contribution in [0.4, 0.5) is 0 Å². The van der Waals surface area contributed by atoms with Crippen molar-refractivity contribution < 1.29 is 16.8 Å². The highest BCUT2D eigenvalue weighted by atomic mass is 32.2. The van der Waals surface area contributed by atoms with E-state index in [-0.39, 0.29) is 4.90 Å². The molecule has 0 radical (unpaired) electrons. The predicted molar refractivity (Wildman–Crippen MR) is 109 cm³/mol. The summed E-state index contributed by atoms with van der Waals surface area (Å²) in [4.78, 5) is 0.564. The van der Waals surface area contributed by atoms with Gasteiger partial charge in [0.2, 0.25) is 0 Å². The van der Waals surface area contributed by atoms with E-state index in [0.717, 1.165) is 6.42 Å². The second-order valence-electron chi connectivity index (χ2n) is 6.20. The summed E-state index contributed by atoms with van der Waals surface area (Å²) in [5.74, 6) is 0. The third-order valence-corrected chi connectivity index (χ3v) is 7.81. The van der Waals surface area contributed by atoms with Gasteiger partial charge >= 0.3 is 0 Å². The third kappa shape index (κ3) is 5.68. The van der Waals surface area contributed by atoms with Crippen molar-refractivity contribution in [2.24, 2.45) is 0 Å². The molecule has 7 heteroatoms. The van der Waals surface area contributed by atoms with Gasteiger partial charge in [0.25, 0.3) is 10.0 Å². The quantitative estimate of drug-likeness (QED) is 0.550. The highest BCUT2D eigenvalue weighted by molar-refractivity contribution is 7.96. The SMILES string of the molecule is C/C=C(\C=C/C(C)S(=O)(=O)C1=CCCC=CC1)NS(=O)(=O)c1ccccc1. The minimum absolute atomic E-state index is 0.147. The van der Waals surface area contributed by atoms with E-state index in [0.29, 0.717) is 23.4 Å². The minimum atomic E-state index is -3.72. The van der Waals surface area contributed by atoms with E-state index in [4.69, 9.17) is 0 Å². The Hall–Kier alpha value is -2.12. The number of hydrogen-bond donors (Lipinski definition) is 1. The van der Waals surface area contributed by atoms with Gasteiger partial charge in [0.15, 0.2) is 9.84 Å². The van der Waals surface area contributed by atoms with Crippen LogP contribution in [0.1, 0.15) is 33.1 Å². The maximum Gasteiger partial charge on any atom is 0.261 e. The van der Waals surface area contributed by atoms with E-state index < -0.39 is 25.1 Å². The molecule has 0 amide bonds. The molecule has 1 N–H and O–H groups in total. The first-order valence-corrected chi connectivity index (χ1v) is 11.8. The Labute approximate surface area is 162 Å². The van der Waals surface area contributed by atoms with Gasteiger partial charge in [-0.3, -0.25) is 4.72 Å². The van der Waals surface area contributed by atoms with Crippen LogP contribution in [-0.4, -0.2) is 22.1 Å². The first-order valence-electron chi connectivity index (χ1n) is 8.77. The average molecular weight is 408 g/mol. The Morgan fingerprint density at radius 3 is 2.44 bits per heavy atom. The maximum absolute atomic E-state index is 12.7. The molecule has 0 fully saturated rings. The van der Waals surface area contributed by atoms with E-state index in [2.05, 4.69) is 4.72 Å². The average Bonchev–Trinajstić information content (AvgIpc) is 2.95. The van der Waals surface area contributed by atoms with Gasteiger partial charge in [-0.2, -0.15) is 0 Å². The Bertz CT molecular complexity index is 970. The predicted octanol–water partition coefficient (Wildman–Crippen LogP) is 3.85. The van der Waals surface area contributed by atoms with Crippen molar-refractivity contribution in [2.75, 3.05) is 0 Å². The minimum Gasteiger partial charge on any atom is -0.280 e. The summed E-state index contributed by atoms with van der Waals surface area (Å²) in [6, 6.07) is 8.02. The molecule has 0 heterocycles. The lowest BCUT2D eigenvalue weighted by Crippen LogP contribution is -2.23. The summed E-state index contributed by atoms with van der Waals surface area (Å²) < 4.78 is 52.8. The van der Waals surface area contributed by atoms with Crippen LogP contribution >= 0.6 is 0 Å². The van der Waals surface area contributed by atoms with E-state index in [1.54, 1.807) is 44.2 Å². The van der Waals surface area contributed by atoms with Crippen molar-refractivity contribution in [3.8, 4) is 0 Å². The molecule has 1 aliphatic carbocycles. The molecule has 0 spiro atoms. The zero-order chi connectivity index (χ0) is 19.9. The van der Waals surface area contributed by atoms with Crippen LogP contribution in [0.3, 0.4) is 0 Å². The van der Waals surface area contributed by atoms with Crippen LogP contribution in [0.15, 0.2) is 82.3 Å². The molecule has 1 atom stereocenters. The molecule has 1 aromatic rings. The standard InChI is InChI=1S/C20H25NO4S2/c1-3-18(21-27(24,25)20-13-9-6-10-14-20)16-15-17(2)26(22,23)19-11-7-4-5-8-12-19/h3-4,6-7,9-10,12-17,21H,5,8,11H2,1-2H3/b16-15-,18-3+. The molecule has 5 nitrogen and oxygen atoms in total. The number of sulfonamides is 1. The third-order valence-electron chi connectivity index (χ3n) is 4.21. The molecule has 146 valence electrons. The maximum atomic E-state index is 12.7. The van der Waals surface area contributed by atoms with Crippen LogP contribution in [0.2, 0.25) is 0 Å². The number of rotatable bonds is 7. The van der Waals surface area contributed by atoms with E-state index in [9.17, 15) is 16.8 Å². The molecule has 1 unspecified atom stereocenters. The monoisotopic (exact) mass is 407 g/mol. The lowest BCUT2D eigenvalue weighted by atomic mass is 10.3. The van der Waals surface area contributed by atoms with Gasteiger partial charge in [0, 0.05) is 17.0 Å². The van der Waals surface area contributed by atoms with Crippen molar-refractivity contribution in [1.82, 2.24) is 4.72 Å². The van der Waals surface area contributed by atoms with E-state index in [1.165, 1.54) is 24.3 Å². The summed E-state index contributed by atoms with van der Waals surface area (Å²) in [6.45, 7) is 3.28.